The summed E-state index contributed by atoms with van der Waals surface area (Å²) in [6.45, 7) is 2.41. The van der Waals surface area contributed by atoms with Crippen molar-refractivity contribution in [2.45, 2.75) is 18.5 Å². The SMILES string of the molecule is CC1(P(=S)(c2ccccc2)c2ccccc2)CC=C(c2ccc3c4ccccc4n4c5ccccc5nc4c3c2)c2ccccc21. The minimum Gasteiger partial charge on any atom is -0.292 e. The van der Waals surface area contributed by atoms with Crippen LogP contribution in [0.5, 0.6) is 0 Å². The van der Waals surface area contributed by atoms with Gasteiger partial charge in [0.15, 0.2) is 0 Å². The number of imidazole rings is 1. The maximum atomic E-state index is 6.96. The van der Waals surface area contributed by atoms with Crippen LogP contribution in [0.2, 0.25) is 0 Å². The summed E-state index contributed by atoms with van der Waals surface area (Å²) in [5, 5.41) is 5.88. The van der Waals surface area contributed by atoms with Crippen molar-refractivity contribution >= 4 is 72.4 Å². The van der Waals surface area contributed by atoms with Gasteiger partial charge in [-0.2, -0.15) is 0 Å². The summed E-state index contributed by atoms with van der Waals surface area (Å²) in [6.07, 6.45) is 3.32. The van der Waals surface area contributed by atoms with Crippen molar-refractivity contribution in [2.75, 3.05) is 0 Å². The number of para-hydroxylation sites is 3. The highest BCUT2D eigenvalue weighted by Crippen LogP contribution is 2.66. The molecule has 6 aromatic carbocycles. The zero-order valence-electron chi connectivity index (χ0n) is 25.5. The molecule has 0 bridgehead atoms. The van der Waals surface area contributed by atoms with E-state index in [0.29, 0.717) is 0 Å². The normalized spacial score (nSPS) is 16.6. The number of fused-ring (bicyclic) bond motifs is 9. The van der Waals surface area contributed by atoms with Crippen molar-refractivity contribution in [1.29, 1.82) is 0 Å². The second kappa shape index (κ2) is 10.4. The molecule has 1 aliphatic rings. The molecule has 2 heterocycles. The van der Waals surface area contributed by atoms with Gasteiger partial charge in [0.25, 0.3) is 0 Å². The highest BCUT2D eigenvalue weighted by atomic mass is 32.4. The van der Waals surface area contributed by atoms with E-state index < -0.39 is 6.04 Å². The molecule has 8 aromatic rings. The molecule has 2 aromatic heterocycles. The first-order chi connectivity index (χ1) is 22.6. The van der Waals surface area contributed by atoms with Gasteiger partial charge in [-0.25, -0.2) is 4.98 Å². The van der Waals surface area contributed by atoms with E-state index in [1.165, 1.54) is 49.2 Å². The van der Waals surface area contributed by atoms with Gasteiger partial charge in [0.1, 0.15) is 5.65 Å². The summed E-state index contributed by atoms with van der Waals surface area (Å²) < 4.78 is 2.33. The zero-order chi connectivity index (χ0) is 30.9. The van der Waals surface area contributed by atoms with E-state index in [-0.39, 0.29) is 5.16 Å². The molecule has 0 radical (unpaired) electrons. The topological polar surface area (TPSA) is 17.3 Å². The third kappa shape index (κ3) is 3.83. The average molecular weight is 627 g/mol. The van der Waals surface area contributed by atoms with Crippen LogP contribution in [0.25, 0.3) is 43.9 Å². The predicted octanol–water partition coefficient (Wildman–Crippen LogP) is 9.97. The van der Waals surface area contributed by atoms with Gasteiger partial charge < -0.3 is 0 Å². The van der Waals surface area contributed by atoms with Crippen LogP contribution in [0.1, 0.15) is 30.0 Å². The quantitative estimate of drug-likeness (QED) is 0.143. The average Bonchev–Trinajstić information content (AvgIpc) is 3.52. The van der Waals surface area contributed by atoms with E-state index >= 15 is 0 Å². The number of allylic oxidation sites excluding steroid dienone is 1. The molecule has 4 heteroatoms. The predicted molar refractivity (Wildman–Crippen MR) is 200 cm³/mol. The molecular formula is C42H31N2PS. The molecule has 1 unspecified atom stereocenters. The fourth-order valence-corrected chi connectivity index (χ4v) is 12.5. The van der Waals surface area contributed by atoms with Crippen LogP contribution in [0.3, 0.4) is 0 Å². The molecule has 0 saturated carbocycles. The molecular weight excluding hydrogens is 596 g/mol. The second-order valence-electron chi connectivity index (χ2n) is 12.5. The van der Waals surface area contributed by atoms with Gasteiger partial charge >= 0.3 is 0 Å². The second-order valence-corrected chi connectivity index (χ2v) is 17.3. The van der Waals surface area contributed by atoms with Gasteiger partial charge in [0.2, 0.25) is 0 Å². The van der Waals surface area contributed by atoms with Crippen LogP contribution >= 0.6 is 6.04 Å². The fourth-order valence-electron chi connectivity index (χ4n) is 7.75. The summed E-state index contributed by atoms with van der Waals surface area (Å²) in [6, 6.07) is 52.4. The van der Waals surface area contributed by atoms with Gasteiger partial charge in [-0.15, -0.1) is 0 Å². The molecule has 0 amide bonds. The van der Waals surface area contributed by atoms with Gasteiger partial charge in [-0.05, 0) is 75.9 Å². The molecule has 0 N–H and O–H groups in total. The van der Waals surface area contributed by atoms with Crippen molar-refractivity contribution in [1.82, 2.24) is 9.38 Å². The molecule has 46 heavy (non-hydrogen) atoms. The van der Waals surface area contributed by atoms with Crippen LogP contribution in [-0.2, 0) is 17.0 Å². The smallest absolute Gasteiger partial charge is 0.146 e. The Balaban J connectivity index is 1.28. The molecule has 0 fully saturated rings. The Morgan fingerprint density at radius 1 is 0.630 bits per heavy atom. The monoisotopic (exact) mass is 626 g/mol. The Kier molecular flexibility index (Phi) is 6.19. The Hall–Kier alpha value is -4.82. The van der Waals surface area contributed by atoms with Crippen LogP contribution in [-0.4, -0.2) is 9.38 Å². The Morgan fingerprint density at radius 2 is 1.26 bits per heavy atom. The molecule has 0 saturated heterocycles. The number of rotatable bonds is 4. The third-order valence-corrected chi connectivity index (χ3v) is 16.3. The lowest BCUT2D eigenvalue weighted by Gasteiger charge is -2.45. The van der Waals surface area contributed by atoms with Crippen molar-refractivity contribution in [2.24, 2.45) is 0 Å². The minimum absolute atomic E-state index is 0.258. The lowest BCUT2D eigenvalue weighted by atomic mass is 9.80. The molecule has 0 aliphatic heterocycles. The van der Waals surface area contributed by atoms with Gasteiger partial charge in [0.05, 0.1) is 16.6 Å². The lowest BCUT2D eigenvalue weighted by Crippen LogP contribution is -2.35. The number of aromatic nitrogens is 2. The van der Waals surface area contributed by atoms with Crippen molar-refractivity contribution in [3.63, 3.8) is 0 Å². The molecule has 2 nitrogen and oxygen atoms in total. The summed E-state index contributed by atoms with van der Waals surface area (Å²) in [7, 11) is 0. The van der Waals surface area contributed by atoms with Gasteiger partial charge in [-0.3, -0.25) is 4.40 Å². The van der Waals surface area contributed by atoms with E-state index in [9.17, 15) is 0 Å². The van der Waals surface area contributed by atoms with E-state index in [1.807, 2.05) is 0 Å². The largest absolute Gasteiger partial charge is 0.292 e. The highest BCUT2D eigenvalue weighted by Gasteiger charge is 2.46. The maximum Gasteiger partial charge on any atom is 0.146 e. The first-order valence-electron chi connectivity index (χ1n) is 15.8. The lowest BCUT2D eigenvalue weighted by molar-refractivity contribution is 0.684. The van der Waals surface area contributed by atoms with Crippen molar-refractivity contribution < 1.29 is 0 Å². The van der Waals surface area contributed by atoms with Crippen LogP contribution in [0.4, 0.5) is 0 Å². The molecule has 9 rings (SSSR count). The Bertz CT molecular complexity index is 2510. The maximum absolute atomic E-state index is 6.96. The number of hydrogen-bond donors (Lipinski definition) is 0. The summed E-state index contributed by atoms with van der Waals surface area (Å²) >= 11 is 6.96. The number of benzene rings is 6. The summed E-state index contributed by atoms with van der Waals surface area (Å²) in [5.41, 5.74) is 9.38. The first-order valence-corrected chi connectivity index (χ1v) is 18.6. The summed E-state index contributed by atoms with van der Waals surface area (Å²) in [5.74, 6) is 0. The number of pyridine rings is 1. The van der Waals surface area contributed by atoms with E-state index in [4.69, 9.17) is 16.8 Å². The molecule has 0 spiro atoms. The molecule has 1 aliphatic carbocycles. The minimum atomic E-state index is -2.30. The zero-order valence-corrected chi connectivity index (χ0v) is 27.2. The molecule has 1 atom stereocenters. The Morgan fingerprint density at radius 3 is 2.02 bits per heavy atom. The highest BCUT2D eigenvalue weighted by molar-refractivity contribution is 8.22. The summed E-state index contributed by atoms with van der Waals surface area (Å²) in [4.78, 5) is 5.18. The molecule has 220 valence electrons. The number of hydrogen-bond acceptors (Lipinski definition) is 2. The van der Waals surface area contributed by atoms with Gasteiger partial charge in [0, 0.05) is 22.0 Å². The Labute approximate surface area is 273 Å². The van der Waals surface area contributed by atoms with Crippen molar-refractivity contribution in [3.05, 3.63) is 174 Å². The van der Waals surface area contributed by atoms with E-state index in [1.54, 1.807) is 0 Å². The first kappa shape index (κ1) is 27.5. The van der Waals surface area contributed by atoms with Gasteiger partial charge in [-0.1, -0.05) is 145 Å². The fraction of sp³-hybridized carbons (Fsp3) is 0.0714. The standard InChI is InChI=1S/C42H31N2PS/c1-42(45(46,30-14-4-2-5-15-30)31-16-6-3-7-17-31)27-26-32(34-18-8-10-20-37(34)42)29-24-25-33-35-19-9-12-22-39(35)44-40-23-13-11-21-38(40)43-41(44)36(33)28-29/h2-26,28H,27H2,1H3. The van der Waals surface area contributed by atoms with Crippen LogP contribution in [0, 0.1) is 0 Å². The van der Waals surface area contributed by atoms with Crippen LogP contribution < -0.4 is 10.6 Å². The van der Waals surface area contributed by atoms with Crippen molar-refractivity contribution in [3.8, 4) is 0 Å². The third-order valence-electron chi connectivity index (χ3n) is 10.0. The van der Waals surface area contributed by atoms with E-state index in [2.05, 4.69) is 169 Å². The van der Waals surface area contributed by atoms with Crippen LogP contribution in [0.15, 0.2) is 158 Å². The number of nitrogens with zero attached hydrogens (tertiary/aromatic N) is 2. The van der Waals surface area contributed by atoms with E-state index in [0.717, 1.165) is 28.5 Å².